The van der Waals surface area contributed by atoms with E-state index >= 15 is 0 Å². The van der Waals surface area contributed by atoms with Crippen LogP contribution in [0.3, 0.4) is 0 Å². The maximum Gasteiger partial charge on any atom is 0.130 e. The van der Waals surface area contributed by atoms with E-state index in [1.165, 1.54) is 0 Å². The molecule has 0 atom stereocenters. The van der Waals surface area contributed by atoms with Crippen LogP contribution < -0.4 is 9.47 Å². The van der Waals surface area contributed by atoms with Gasteiger partial charge < -0.3 is 9.47 Å². The van der Waals surface area contributed by atoms with Gasteiger partial charge in [0.15, 0.2) is 0 Å². The Morgan fingerprint density at radius 3 is 2.33 bits per heavy atom. The fraction of sp³-hybridized carbons (Fsp3) is 0.333. The number of methoxy groups -OCH3 is 1. The van der Waals surface area contributed by atoms with Crippen LogP contribution in [-0.2, 0) is 0 Å². The molecule has 0 fully saturated rings. The lowest BCUT2D eigenvalue weighted by Crippen LogP contribution is -2.00. The first-order valence-electron chi connectivity index (χ1n) is 7.28. The standard InChI is InChI=1S/C18H21ClO2/c1-20-16-11-8-12-17(21-14-7-3-6-13-19)18(16)15-9-4-2-5-10-15/h2,4-5,8-12H,3,6-7,13-14H2,1H3. The van der Waals surface area contributed by atoms with Crippen LogP contribution in [0.5, 0.6) is 11.5 Å². The zero-order valence-corrected chi connectivity index (χ0v) is 13.1. The van der Waals surface area contributed by atoms with Gasteiger partial charge in [-0.3, -0.25) is 0 Å². The Morgan fingerprint density at radius 1 is 0.857 bits per heavy atom. The molecule has 2 rings (SSSR count). The maximum absolute atomic E-state index is 5.96. The van der Waals surface area contributed by atoms with Gasteiger partial charge in [0, 0.05) is 5.88 Å². The second-order valence-corrected chi connectivity index (χ2v) is 5.18. The molecule has 0 radical (unpaired) electrons. The van der Waals surface area contributed by atoms with Gasteiger partial charge in [0.25, 0.3) is 0 Å². The minimum Gasteiger partial charge on any atom is -0.496 e. The minimum absolute atomic E-state index is 0.698. The van der Waals surface area contributed by atoms with E-state index < -0.39 is 0 Å². The molecule has 0 N–H and O–H groups in total. The monoisotopic (exact) mass is 304 g/mol. The van der Waals surface area contributed by atoms with Crippen molar-refractivity contribution in [3.63, 3.8) is 0 Å². The Bertz CT molecular complexity index is 540. The lowest BCUT2D eigenvalue weighted by atomic mass is 10.0. The van der Waals surface area contributed by atoms with Gasteiger partial charge in [-0.15, -0.1) is 11.6 Å². The summed E-state index contributed by atoms with van der Waals surface area (Å²) < 4.78 is 11.4. The molecule has 0 bridgehead atoms. The summed E-state index contributed by atoms with van der Waals surface area (Å²) in [6, 6.07) is 16.1. The van der Waals surface area contributed by atoms with Crippen molar-refractivity contribution in [1.82, 2.24) is 0 Å². The highest BCUT2D eigenvalue weighted by Crippen LogP contribution is 2.38. The molecule has 112 valence electrons. The molecule has 0 aromatic heterocycles. The molecule has 0 saturated carbocycles. The lowest BCUT2D eigenvalue weighted by molar-refractivity contribution is 0.305. The van der Waals surface area contributed by atoms with Gasteiger partial charge in [0.05, 0.1) is 19.3 Å². The summed E-state index contributed by atoms with van der Waals surface area (Å²) in [5.41, 5.74) is 2.11. The number of benzene rings is 2. The number of halogens is 1. The summed E-state index contributed by atoms with van der Waals surface area (Å²) >= 11 is 5.68. The van der Waals surface area contributed by atoms with Crippen molar-refractivity contribution in [3.05, 3.63) is 48.5 Å². The maximum atomic E-state index is 5.96. The smallest absolute Gasteiger partial charge is 0.130 e. The number of hydrogen-bond acceptors (Lipinski definition) is 2. The van der Waals surface area contributed by atoms with E-state index in [9.17, 15) is 0 Å². The summed E-state index contributed by atoms with van der Waals surface area (Å²) in [6.07, 6.45) is 3.14. The molecule has 2 aromatic rings. The van der Waals surface area contributed by atoms with Crippen molar-refractivity contribution in [2.24, 2.45) is 0 Å². The molecular formula is C18H21ClO2. The van der Waals surface area contributed by atoms with Crippen molar-refractivity contribution >= 4 is 11.6 Å². The third-order valence-electron chi connectivity index (χ3n) is 3.31. The Hall–Kier alpha value is -1.67. The molecule has 0 aliphatic carbocycles. The summed E-state index contributed by atoms with van der Waals surface area (Å²) in [7, 11) is 1.69. The van der Waals surface area contributed by atoms with Crippen LogP contribution in [0.2, 0.25) is 0 Å². The van der Waals surface area contributed by atoms with Gasteiger partial charge in [0.2, 0.25) is 0 Å². The Morgan fingerprint density at radius 2 is 1.62 bits per heavy atom. The van der Waals surface area contributed by atoms with Gasteiger partial charge in [-0.1, -0.05) is 36.4 Å². The highest BCUT2D eigenvalue weighted by Gasteiger charge is 2.12. The van der Waals surface area contributed by atoms with Crippen molar-refractivity contribution in [2.75, 3.05) is 19.6 Å². The normalized spacial score (nSPS) is 10.4. The molecule has 0 unspecified atom stereocenters. The van der Waals surface area contributed by atoms with E-state index in [0.717, 1.165) is 41.9 Å². The lowest BCUT2D eigenvalue weighted by Gasteiger charge is -2.15. The Balaban J connectivity index is 2.17. The average molecular weight is 305 g/mol. The number of alkyl halides is 1. The SMILES string of the molecule is COc1cccc(OCCCCCCl)c1-c1ccccc1. The molecular weight excluding hydrogens is 284 g/mol. The van der Waals surface area contributed by atoms with E-state index in [1.54, 1.807) is 7.11 Å². The largest absolute Gasteiger partial charge is 0.496 e. The predicted octanol–water partition coefficient (Wildman–Crippen LogP) is 5.15. The highest BCUT2D eigenvalue weighted by atomic mass is 35.5. The van der Waals surface area contributed by atoms with Crippen molar-refractivity contribution < 1.29 is 9.47 Å². The summed E-state index contributed by atoms with van der Waals surface area (Å²) in [5, 5.41) is 0. The zero-order chi connectivity index (χ0) is 14.9. The third kappa shape index (κ3) is 4.40. The molecule has 0 saturated heterocycles. The molecule has 0 aliphatic rings. The van der Waals surface area contributed by atoms with Crippen LogP contribution in [0.4, 0.5) is 0 Å². The van der Waals surface area contributed by atoms with Crippen LogP contribution in [0.15, 0.2) is 48.5 Å². The van der Waals surface area contributed by atoms with Gasteiger partial charge in [-0.05, 0) is 37.0 Å². The fourth-order valence-electron chi connectivity index (χ4n) is 2.25. The number of hydrogen-bond donors (Lipinski definition) is 0. The van der Waals surface area contributed by atoms with E-state index in [1.807, 2.05) is 36.4 Å². The van der Waals surface area contributed by atoms with Crippen LogP contribution in [0.1, 0.15) is 19.3 Å². The number of ether oxygens (including phenoxy) is 2. The van der Waals surface area contributed by atoms with Crippen LogP contribution >= 0.6 is 11.6 Å². The quantitative estimate of drug-likeness (QED) is 0.496. The van der Waals surface area contributed by atoms with Crippen molar-refractivity contribution in [1.29, 1.82) is 0 Å². The molecule has 3 heteroatoms. The van der Waals surface area contributed by atoms with E-state index in [-0.39, 0.29) is 0 Å². The number of unbranched alkanes of at least 4 members (excludes halogenated alkanes) is 2. The van der Waals surface area contributed by atoms with Gasteiger partial charge in [0.1, 0.15) is 11.5 Å². The zero-order valence-electron chi connectivity index (χ0n) is 12.3. The molecule has 0 heterocycles. The van der Waals surface area contributed by atoms with Crippen molar-refractivity contribution in [2.45, 2.75) is 19.3 Å². The van der Waals surface area contributed by atoms with E-state index in [4.69, 9.17) is 21.1 Å². The molecule has 0 amide bonds. The topological polar surface area (TPSA) is 18.5 Å². The molecule has 0 spiro atoms. The second-order valence-electron chi connectivity index (χ2n) is 4.80. The second kappa shape index (κ2) is 8.58. The van der Waals surface area contributed by atoms with Crippen LogP contribution in [0, 0.1) is 0 Å². The van der Waals surface area contributed by atoms with Crippen molar-refractivity contribution in [3.8, 4) is 22.6 Å². The third-order valence-corrected chi connectivity index (χ3v) is 3.57. The summed E-state index contributed by atoms with van der Waals surface area (Å²) in [6.45, 7) is 0.698. The van der Waals surface area contributed by atoms with Gasteiger partial charge >= 0.3 is 0 Å². The first kappa shape index (κ1) is 15.7. The molecule has 21 heavy (non-hydrogen) atoms. The summed E-state index contributed by atoms with van der Waals surface area (Å²) in [4.78, 5) is 0. The molecule has 2 nitrogen and oxygen atoms in total. The highest BCUT2D eigenvalue weighted by molar-refractivity contribution is 6.17. The first-order chi connectivity index (χ1) is 10.4. The number of rotatable bonds is 8. The van der Waals surface area contributed by atoms with Crippen LogP contribution in [-0.4, -0.2) is 19.6 Å². The average Bonchev–Trinajstić information content (AvgIpc) is 2.55. The van der Waals surface area contributed by atoms with Crippen LogP contribution in [0.25, 0.3) is 11.1 Å². The first-order valence-corrected chi connectivity index (χ1v) is 7.81. The molecule has 2 aromatic carbocycles. The minimum atomic E-state index is 0.698. The van der Waals surface area contributed by atoms with E-state index in [2.05, 4.69) is 12.1 Å². The summed E-state index contributed by atoms with van der Waals surface area (Å²) in [5.74, 6) is 2.42. The Labute approximate surface area is 131 Å². The molecule has 0 aliphatic heterocycles. The van der Waals surface area contributed by atoms with Gasteiger partial charge in [-0.2, -0.15) is 0 Å². The Kier molecular flexibility index (Phi) is 6.42. The van der Waals surface area contributed by atoms with Gasteiger partial charge in [-0.25, -0.2) is 0 Å². The predicted molar refractivity (Wildman–Crippen MR) is 88.5 cm³/mol. The fourth-order valence-corrected chi connectivity index (χ4v) is 2.44. The van der Waals surface area contributed by atoms with E-state index in [0.29, 0.717) is 12.5 Å².